The summed E-state index contributed by atoms with van der Waals surface area (Å²) in [4.78, 5) is 14.9. The van der Waals surface area contributed by atoms with E-state index in [2.05, 4.69) is 4.98 Å². The number of hydrogen-bond acceptors (Lipinski definition) is 4. The lowest BCUT2D eigenvalue weighted by atomic mass is 10.1. The van der Waals surface area contributed by atoms with Crippen molar-refractivity contribution in [1.29, 1.82) is 0 Å². The molecule has 1 heterocycles. The third-order valence-electron chi connectivity index (χ3n) is 4.95. The molecule has 0 aliphatic carbocycles. The maximum Gasteiger partial charge on any atom is 0.490 e. The molecular formula is C25H18F6N2O3. The standard InChI is InChI=1S/C23H17F3N2O.C2HF3O2/c24-23(25,26)18-9-11-19(12-10-18)28(15-16-5-2-1-3-6-16)20-13-8-17-7-4-14-27-21(17)22(20)29;3-2(4,5)1(6)7/h1-14,29H,15H2;(H,6,7). The van der Waals surface area contributed by atoms with Gasteiger partial charge in [-0.2, -0.15) is 26.3 Å². The van der Waals surface area contributed by atoms with Crippen molar-refractivity contribution >= 4 is 28.2 Å². The van der Waals surface area contributed by atoms with Crippen LogP contribution >= 0.6 is 0 Å². The van der Waals surface area contributed by atoms with Crippen LogP contribution in [-0.4, -0.2) is 27.3 Å². The van der Waals surface area contributed by atoms with Crippen LogP contribution in [0.4, 0.5) is 37.7 Å². The Morgan fingerprint density at radius 3 is 2.00 bits per heavy atom. The number of nitrogens with zero attached hydrogens (tertiary/aromatic N) is 2. The molecule has 0 bridgehead atoms. The molecule has 188 valence electrons. The van der Waals surface area contributed by atoms with E-state index in [-0.39, 0.29) is 5.75 Å². The van der Waals surface area contributed by atoms with E-state index in [1.807, 2.05) is 42.5 Å². The molecule has 2 N–H and O–H groups in total. The van der Waals surface area contributed by atoms with E-state index in [4.69, 9.17) is 9.90 Å². The number of aromatic nitrogens is 1. The van der Waals surface area contributed by atoms with Gasteiger partial charge >= 0.3 is 18.3 Å². The minimum Gasteiger partial charge on any atom is -0.504 e. The number of hydrogen-bond donors (Lipinski definition) is 2. The predicted octanol–water partition coefficient (Wildman–Crippen LogP) is 6.93. The molecule has 4 aromatic rings. The Labute approximate surface area is 200 Å². The zero-order valence-electron chi connectivity index (χ0n) is 18.3. The molecule has 0 saturated carbocycles. The van der Waals surface area contributed by atoms with Gasteiger partial charge in [-0.25, -0.2) is 4.79 Å². The van der Waals surface area contributed by atoms with Gasteiger partial charge in [-0.05, 0) is 42.0 Å². The average Bonchev–Trinajstić information content (AvgIpc) is 2.83. The molecule has 11 heteroatoms. The molecule has 0 unspecified atom stereocenters. The van der Waals surface area contributed by atoms with E-state index < -0.39 is 23.9 Å². The number of benzene rings is 3. The lowest BCUT2D eigenvalue weighted by Crippen LogP contribution is -2.21. The molecule has 0 aliphatic heterocycles. The summed E-state index contributed by atoms with van der Waals surface area (Å²) in [6.45, 7) is 0.373. The zero-order valence-corrected chi connectivity index (χ0v) is 18.3. The Bertz CT molecular complexity index is 1320. The van der Waals surface area contributed by atoms with Crippen LogP contribution in [0, 0.1) is 0 Å². The van der Waals surface area contributed by atoms with Crippen molar-refractivity contribution in [3.63, 3.8) is 0 Å². The number of carboxylic acid groups (broad SMARTS) is 1. The fourth-order valence-electron chi connectivity index (χ4n) is 3.25. The molecule has 36 heavy (non-hydrogen) atoms. The highest BCUT2D eigenvalue weighted by Crippen LogP contribution is 2.39. The molecule has 4 rings (SSSR count). The van der Waals surface area contributed by atoms with Gasteiger partial charge in [-0.15, -0.1) is 0 Å². The Kier molecular flexibility index (Phi) is 7.71. The summed E-state index contributed by atoms with van der Waals surface area (Å²) in [5, 5.41) is 18.8. The maximum atomic E-state index is 13.0. The SMILES string of the molecule is O=C(O)C(F)(F)F.Oc1c(N(Cc2ccccc2)c2ccc(C(F)(F)F)cc2)ccc2cccnc12. The van der Waals surface area contributed by atoms with Crippen molar-refractivity contribution < 1.29 is 41.4 Å². The van der Waals surface area contributed by atoms with Crippen LogP contribution in [0.2, 0.25) is 0 Å². The summed E-state index contributed by atoms with van der Waals surface area (Å²) in [5.74, 6) is -2.77. The number of carboxylic acids is 1. The zero-order chi connectivity index (χ0) is 26.5. The normalized spacial score (nSPS) is 11.5. The molecule has 3 aromatic carbocycles. The summed E-state index contributed by atoms with van der Waals surface area (Å²) in [5.41, 5.74) is 1.68. The maximum absolute atomic E-state index is 13.0. The van der Waals surface area contributed by atoms with E-state index in [0.29, 0.717) is 23.4 Å². The number of anilines is 2. The molecule has 0 amide bonds. The van der Waals surface area contributed by atoms with Crippen molar-refractivity contribution in [3.05, 3.63) is 96.2 Å². The van der Waals surface area contributed by atoms with Gasteiger partial charge in [0, 0.05) is 23.8 Å². The van der Waals surface area contributed by atoms with Gasteiger partial charge in [-0.3, -0.25) is 4.98 Å². The number of pyridine rings is 1. The Morgan fingerprint density at radius 1 is 0.833 bits per heavy atom. The van der Waals surface area contributed by atoms with Crippen LogP contribution in [0.25, 0.3) is 10.9 Å². The first-order valence-corrected chi connectivity index (χ1v) is 10.2. The fourth-order valence-corrected chi connectivity index (χ4v) is 3.25. The van der Waals surface area contributed by atoms with Gasteiger partial charge in [0.05, 0.1) is 11.3 Å². The third-order valence-corrected chi connectivity index (χ3v) is 4.95. The lowest BCUT2D eigenvalue weighted by molar-refractivity contribution is -0.192. The monoisotopic (exact) mass is 508 g/mol. The number of carbonyl (C=O) groups is 1. The minimum atomic E-state index is -5.08. The first-order chi connectivity index (χ1) is 16.9. The second-order valence-electron chi connectivity index (χ2n) is 7.43. The second kappa shape index (κ2) is 10.5. The number of phenols is 1. The first kappa shape index (κ1) is 26.3. The van der Waals surface area contributed by atoms with E-state index in [0.717, 1.165) is 23.1 Å². The summed E-state index contributed by atoms with van der Waals surface area (Å²) in [7, 11) is 0. The molecule has 0 saturated heterocycles. The number of aromatic hydroxyl groups is 1. The molecule has 0 fully saturated rings. The molecule has 5 nitrogen and oxygen atoms in total. The molecule has 0 atom stereocenters. The van der Waals surface area contributed by atoms with Crippen LogP contribution in [-0.2, 0) is 17.5 Å². The highest BCUT2D eigenvalue weighted by Gasteiger charge is 2.38. The highest BCUT2D eigenvalue weighted by atomic mass is 19.4. The molecule has 0 radical (unpaired) electrons. The number of aliphatic carboxylic acids is 1. The Morgan fingerprint density at radius 2 is 1.44 bits per heavy atom. The minimum absolute atomic E-state index is 0.0149. The van der Waals surface area contributed by atoms with E-state index >= 15 is 0 Å². The number of rotatable bonds is 4. The largest absolute Gasteiger partial charge is 0.504 e. The molecular weight excluding hydrogens is 490 g/mol. The Balaban J connectivity index is 0.000000454. The van der Waals surface area contributed by atoms with Crippen LogP contribution in [0.5, 0.6) is 5.75 Å². The van der Waals surface area contributed by atoms with Crippen molar-refractivity contribution in [3.8, 4) is 5.75 Å². The Hall–Kier alpha value is -4.28. The van der Waals surface area contributed by atoms with Crippen molar-refractivity contribution in [1.82, 2.24) is 4.98 Å². The first-order valence-electron chi connectivity index (χ1n) is 10.2. The second-order valence-corrected chi connectivity index (χ2v) is 7.43. The molecule has 0 spiro atoms. The summed E-state index contributed by atoms with van der Waals surface area (Å²) in [6.07, 6.45) is -7.90. The van der Waals surface area contributed by atoms with E-state index in [1.165, 1.54) is 12.1 Å². The predicted molar refractivity (Wildman–Crippen MR) is 121 cm³/mol. The summed E-state index contributed by atoms with van der Waals surface area (Å²) >= 11 is 0. The number of fused-ring (bicyclic) bond motifs is 1. The third kappa shape index (κ3) is 6.44. The van der Waals surface area contributed by atoms with Crippen molar-refractivity contribution in [2.45, 2.75) is 18.9 Å². The topological polar surface area (TPSA) is 73.7 Å². The molecule has 1 aromatic heterocycles. The fraction of sp³-hybridized carbons (Fsp3) is 0.120. The number of halogens is 6. The van der Waals surface area contributed by atoms with Gasteiger partial charge in [0.2, 0.25) is 0 Å². The summed E-state index contributed by atoms with van der Waals surface area (Å²) in [6, 6.07) is 21.6. The smallest absolute Gasteiger partial charge is 0.490 e. The number of alkyl halides is 6. The van der Waals surface area contributed by atoms with Gasteiger partial charge < -0.3 is 15.1 Å². The van der Waals surface area contributed by atoms with Crippen LogP contribution in [0.1, 0.15) is 11.1 Å². The van der Waals surface area contributed by atoms with Crippen LogP contribution in [0.3, 0.4) is 0 Å². The van der Waals surface area contributed by atoms with Crippen LogP contribution in [0.15, 0.2) is 85.1 Å². The van der Waals surface area contributed by atoms with Gasteiger partial charge in [0.25, 0.3) is 0 Å². The van der Waals surface area contributed by atoms with E-state index in [9.17, 15) is 31.4 Å². The molecule has 0 aliphatic rings. The van der Waals surface area contributed by atoms with Crippen molar-refractivity contribution in [2.24, 2.45) is 0 Å². The van der Waals surface area contributed by atoms with Gasteiger partial charge in [0.15, 0.2) is 5.75 Å². The average molecular weight is 508 g/mol. The summed E-state index contributed by atoms with van der Waals surface area (Å²) < 4.78 is 70.6. The quantitative estimate of drug-likeness (QED) is 0.293. The number of phenolic OH excluding ortho intramolecular Hbond substituents is 1. The highest BCUT2D eigenvalue weighted by molar-refractivity contribution is 5.91. The van der Waals surface area contributed by atoms with Crippen molar-refractivity contribution in [2.75, 3.05) is 4.90 Å². The van der Waals surface area contributed by atoms with Crippen LogP contribution < -0.4 is 4.90 Å². The lowest BCUT2D eigenvalue weighted by Gasteiger charge is -2.26. The van der Waals surface area contributed by atoms with Gasteiger partial charge in [0.1, 0.15) is 5.52 Å². The van der Waals surface area contributed by atoms with Gasteiger partial charge in [-0.1, -0.05) is 42.5 Å². The van der Waals surface area contributed by atoms with E-state index in [1.54, 1.807) is 23.2 Å².